The molecule has 1 atom stereocenters. The van der Waals surface area contributed by atoms with Crippen LogP contribution in [0.5, 0.6) is 17.2 Å². The van der Waals surface area contributed by atoms with Crippen LogP contribution in [-0.2, 0) is 0 Å². The highest BCUT2D eigenvalue weighted by molar-refractivity contribution is 7.21. The molecule has 50 heavy (non-hydrogen) atoms. The number of methoxy groups -OCH3 is 1. The third-order valence-electron chi connectivity index (χ3n) is 9.95. The Hall–Kier alpha value is -4.06. The molecule has 0 aliphatic carbocycles. The molecule has 2 saturated heterocycles. The zero-order valence-corrected chi connectivity index (χ0v) is 29.9. The maximum absolute atomic E-state index is 13.6. The Morgan fingerprint density at radius 1 is 0.860 bits per heavy atom. The number of fused-ring (bicyclic) bond motifs is 3. The van der Waals surface area contributed by atoms with Crippen molar-refractivity contribution in [3.8, 4) is 27.8 Å². The van der Waals surface area contributed by atoms with Gasteiger partial charge in [0, 0.05) is 56.6 Å². The number of hydrogen-bond acceptors (Lipinski definition) is 9. The molecular weight excluding hydrogens is 654 g/mol. The van der Waals surface area contributed by atoms with Crippen LogP contribution in [0.25, 0.3) is 20.8 Å². The van der Waals surface area contributed by atoms with Gasteiger partial charge in [0.05, 0.1) is 47.8 Å². The number of carbonyl (C=O) groups is 1. The molecule has 1 aromatic heterocycles. The number of ether oxygens (including phenoxy) is 3. The van der Waals surface area contributed by atoms with Gasteiger partial charge in [0.15, 0.2) is 11.5 Å². The smallest absolute Gasteiger partial charge is 0.256 e. The van der Waals surface area contributed by atoms with E-state index in [4.69, 9.17) is 14.2 Å². The molecule has 7 rings (SSSR count). The Bertz CT molecular complexity index is 1840. The first-order valence-electron chi connectivity index (χ1n) is 17.9. The summed E-state index contributed by atoms with van der Waals surface area (Å²) in [7, 11) is 1.65. The molecule has 0 N–H and O–H groups in total. The van der Waals surface area contributed by atoms with Crippen molar-refractivity contribution in [3.05, 3.63) is 65.5 Å². The van der Waals surface area contributed by atoms with Crippen molar-refractivity contribution in [2.24, 2.45) is 4.99 Å². The molecule has 4 heterocycles. The van der Waals surface area contributed by atoms with E-state index in [0.29, 0.717) is 30.0 Å². The molecule has 3 aromatic carbocycles. The fourth-order valence-corrected chi connectivity index (χ4v) is 7.99. The van der Waals surface area contributed by atoms with Gasteiger partial charge in [-0.15, -0.1) is 11.3 Å². The summed E-state index contributed by atoms with van der Waals surface area (Å²) >= 11 is 1.53. The van der Waals surface area contributed by atoms with Crippen LogP contribution in [0.1, 0.15) is 54.4 Å². The third-order valence-corrected chi connectivity index (χ3v) is 11.0. The molecule has 1 amide bonds. The van der Waals surface area contributed by atoms with Crippen molar-refractivity contribution < 1.29 is 23.4 Å². The van der Waals surface area contributed by atoms with Crippen LogP contribution in [-0.4, -0.2) is 104 Å². The number of aliphatic imine (C=N–C) groups is 1. The number of amides is 1. The third kappa shape index (κ3) is 7.95. The molecule has 0 unspecified atom stereocenters. The quantitative estimate of drug-likeness (QED) is 0.127. The van der Waals surface area contributed by atoms with Gasteiger partial charge in [-0.25, -0.2) is 9.37 Å². The maximum atomic E-state index is 13.6. The number of aryl methyl sites for hydroxylation is 1. The lowest BCUT2D eigenvalue weighted by atomic mass is 10.1. The van der Waals surface area contributed by atoms with Crippen LogP contribution in [0, 0.1) is 12.7 Å². The van der Waals surface area contributed by atoms with Gasteiger partial charge in [-0.05, 0) is 100 Å². The Kier molecular flexibility index (Phi) is 10.9. The van der Waals surface area contributed by atoms with Crippen molar-refractivity contribution in [2.45, 2.75) is 51.5 Å². The van der Waals surface area contributed by atoms with Crippen molar-refractivity contribution in [1.82, 2.24) is 19.7 Å². The molecule has 3 aliphatic rings. The number of piperazine rings is 1. The summed E-state index contributed by atoms with van der Waals surface area (Å²) in [6.07, 6.45) is 8.11. The number of aromatic nitrogens is 1. The van der Waals surface area contributed by atoms with E-state index < -0.39 is 0 Å². The van der Waals surface area contributed by atoms with Crippen molar-refractivity contribution >= 4 is 39.4 Å². The van der Waals surface area contributed by atoms with Gasteiger partial charge >= 0.3 is 0 Å². The van der Waals surface area contributed by atoms with E-state index in [9.17, 15) is 9.18 Å². The molecule has 11 heteroatoms. The normalized spacial score (nSPS) is 17.9. The average molecular weight is 700 g/mol. The van der Waals surface area contributed by atoms with Gasteiger partial charge in [-0.3, -0.25) is 9.79 Å². The van der Waals surface area contributed by atoms with Gasteiger partial charge < -0.3 is 28.9 Å². The van der Waals surface area contributed by atoms with E-state index in [1.165, 1.54) is 23.5 Å². The maximum Gasteiger partial charge on any atom is 0.256 e. The second-order valence-electron chi connectivity index (χ2n) is 13.4. The van der Waals surface area contributed by atoms with E-state index in [-0.39, 0.29) is 17.8 Å². The summed E-state index contributed by atoms with van der Waals surface area (Å²) in [4.78, 5) is 29.4. The monoisotopic (exact) mass is 699 g/mol. The average Bonchev–Trinajstić information content (AvgIpc) is 3.76. The lowest BCUT2D eigenvalue weighted by Gasteiger charge is -2.34. The predicted octanol–water partition coefficient (Wildman–Crippen LogP) is 7.38. The van der Waals surface area contributed by atoms with E-state index in [0.717, 1.165) is 122 Å². The molecular formula is C39H46FN5O4S. The van der Waals surface area contributed by atoms with Crippen LogP contribution < -0.4 is 14.2 Å². The van der Waals surface area contributed by atoms with E-state index in [1.807, 2.05) is 48.4 Å². The summed E-state index contributed by atoms with van der Waals surface area (Å²) in [5.41, 5.74) is 3.99. The van der Waals surface area contributed by atoms with Crippen molar-refractivity contribution in [2.75, 3.05) is 66.1 Å². The standard InChI is InChI=1S/C39H46FN5O4S/c1-27-22-31-32(41-26-30-8-7-15-45(30)39(31)46)25-35(27)49-21-6-4-14-44-18-16-43(17-19-44)13-3-5-20-48-34-11-9-28(23-36(34)47-2)38-42-33-24-29(40)10-12-37(33)50-38/h9-12,22-26,30H,3-8,13-21H2,1-2H3/t30-/m0/s1. The SMILES string of the molecule is COc1cc(-c2nc3cc(F)ccc3s2)ccc1OCCCCN1CCN(CCCCOc2cc3c(cc2C)C(=O)N2CCC[C@H]2C=N3)CC1. The second kappa shape index (κ2) is 15.9. The predicted molar refractivity (Wildman–Crippen MR) is 197 cm³/mol. The Morgan fingerprint density at radius 2 is 1.60 bits per heavy atom. The van der Waals surface area contributed by atoms with Gasteiger partial charge in [0.25, 0.3) is 5.91 Å². The minimum Gasteiger partial charge on any atom is -0.493 e. The van der Waals surface area contributed by atoms with Gasteiger partial charge in [-0.2, -0.15) is 0 Å². The molecule has 9 nitrogen and oxygen atoms in total. The lowest BCUT2D eigenvalue weighted by Crippen LogP contribution is -2.46. The number of thiazole rings is 1. The number of rotatable bonds is 14. The van der Waals surface area contributed by atoms with E-state index >= 15 is 0 Å². The Labute approximate surface area is 297 Å². The van der Waals surface area contributed by atoms with E-state index in [1.54, 1.807) is 13.2 Å². The largest absolute Gasteiger partial charge is 0.493 e. The number of nitrogens with zero attached hydrogens (tertiary/aromatic N) is 5. The number of carbonyl (C=O) groups excluding carboxylic acids is 1. The molecule has 0 saturated carbocycles. The van der Waals surface area contributed by atoms with Crippen LogP contribution in [0.3, 0.4) is 0 Å². The first-order valence-corrected chi connectivity index (χ1v) is 18.7. The van der Waals surface area contributed by atoms with Crippen molar-refractivity contribution in [3.63, 3.8) is 0 Å². The van der Waals surface area contributed by atoms with Gasteiger partial charge in [0.1, 0.15) is 16.6 Å². The number of benzene rings is 3. The molecule has 0 spiro atoms. The summed E-state index contributed by atoms with van der Waals surface area (Å²) in [5.74, 6) is 2.03. The molecule has 0 radical (unpaired) electrons. The molecule has 2 fully saturated rings. The fraction of sp³-hybridized carbons (Fsp3) is 0.462. The highest BCUT2D eigenvalue weighted by Gasteiger charge is 2.32. The van der Waals surface area contributed by atoms with Crippen LogP contribution in [0.15, 0.2) is 53.5 Å². The highest BCUT2D eigenvalue weighted by atomic mass is 32.1. The lowest BCUT2D eigenvalue weighted by molar-refractivity contribution is 0.0774. The second-order valence-corrected chi connectivity index (χ2v) is 14.4. The van der Waals surface area contributed by atoms with Gasteiger partial charge in [0.2, 0.25) is 0 Å². The minimum atomic E-state index is -0.281. The zero-order chi connectivity index (χ0) is 34.5. The Balaban J connectivity index is 0.773. The molecule has 3 aliphatic heterocycles. The topological polar surface area (TPSA) is 79.7 Å². The summed E-state index contributed by atoms with van der Waals surface area (Å²) in [6, 6.07) is 14.6. The Morgan fingerprint density at radius 3 is 2.34 bits per heavy atom. The van der Waals surface area contributed by atoms with Crippen LogP contribution in [0.2, 0.25) is 0 Å². The first-order chi connectivity index (χ1) is 24.4. The molecule has 264 valence electrons. The summed E-state index contributed by atoms with van der Waals surface area (Å²) < 4.78 is 32.4. The number of hydrogen-bond donors (Lipinski definition) is 0. The minimum absolute atomic E-state index is 0.0892. The molecule has 0 bridgehead atoms. The highest BCUT2D eigenvalue weighted by Crippen LogP contribution is 2.37. The van der Waals surface area contributed by atoms with E-state index in [2.05, 4.69) is 19.8 Å². The van der Waals surface area contributed by atoms with Crippen molar-refractivity contribution in [1.29, 1.82) is 0 Å². The summed E-state index contributed by atoms with van der Waals surface area (Å²) in [6.45, 7) is 10.7. The number of halogens is 1. The fourth-order valence-electron chi connectivity index (χ4n) is 7.05. The zero-order valence-electron chi connectivity index (χ0n) is 29.0. The van der Waals surface area contributed by atoms with Crippen LogP contribution in [0.4, 0.5) is 10.1 Å². The molecule has 4 aromatic rings. The number of unbranched alkanes of at least 4 members (excludes halogenated alkanes) is 2. The van der Waals surface area contributed by atoms with Gasteiger partial charge in [-0.1, -0.05) is 0 Å². The van der Waals surface area contributed by atoms with Crippen LogP contribution >= 0.6 is 11.3 Å². The first kappa shape index (κ1) is 34.4. The summed E-state index contributed by atoms with van der Waals surface area (Å²) in [5, 5.41) is 0.826.